The summed E-state index contributed by atoms with van der Waals surface area (Å²) in [5.74, 6) is 2.67. The number of halogens is 1. The minimum Gasteiger partial charge on any atom is -0.355 e. The maximum Gasteiger partial charge on any atom is 0.225 e. The van der Waals surface area contributed by atoms with Gasteiger partial charge >= 0.3 is 0 Å². The smallest absolute Gasteiger partial charge is 0.225 e. The number of aliphatic imine (C=N–C) groups is 1. The van der Waals surface area contributed by atoms with Crippen LogP contribution in [-0.2, 0) is 0 Å². The maximum absolute atomic E-state index is 4.47. The summed E-state index contributed by atoms with van der Waals surface area (Å²) in [4.78, 5) is 20.3. The van der Waals surface area contributed by atoms with Crippen LogP contribution in [0.3, 0.4) is 0 Å². The van der Waals surface area contributed by atoms with Gasteiger partial charge in [-0.15, -0.1) is 24.0 Å². The minimum atomic E-state index is 0. The topological polar surface area (TPSA) is 59.9 Å². The van der Waals surface area contributed by atoms with Crippen molar-refractivity contribution in [3.05, 3.63) is 18.5 Å². The van der Waals surface area contributed by atoms with Crippen molar-refractivity contribution in [1.82, 2.24) is 25.1 Å². The summed E-state index contributed by atoms with van der Waals surface area (Å²) in [6.07, 6.45) is 6.23. The first kappa shape index (κ1) is 21.1. The van der Waals surface area contributed by atoms with Gasteiger partial charge in [-0.25, -0.2) is 9.97 Å². The van der Waals surface area contributed by atoms with Gasteiger partial charge in [0.1, 0.15) is 0 Å². The van der Waals surface area contributed by atoms with E-state index in [1.165, 1.54) is 12.8 Å². The Bertz CT molecular complexity index is 546. The Kier molecular flexibility index (Phi) is 8.83. The molecule has 0 spiro atoms. The Morgan fingerprint density at radius 3 is 2.58 bits per heavy atom. The average molecular weight is 473 g/mol. The summed E-state index contributed by atoms with van der Waals surface area (Å²) in [6, 6.07) is 1.86. The Morgan fingerprint density at radius 1 is 1.19 bits per heavy atom. The normalized spacial score (nSPS) is 22.1. The van der Waals surface area contributed by atoms with Gasteiger partial charge in [0.05, 0.1) is 0 Å². The van der Waals surface area contributed by atoms with Crippen LogP contribution in [0, 0.1) is 5.92 Å². The molecule has 1 aromatic heterocycles. The lowest BCUT2D eigenvalue weighted by Gasteiger charge is -2.36. The molecule has 0 saturated carbocycles. The van der Waals surface area contributed by atoms with E-state index in [2.05, 4.69) is 41.9 Å². The fourth-order valence-electron chi connectivity index (χ4n) is 3.67. The zero-order valence-corrected chi connectivity index (χ0v) is 18.3. The number of nitrogens with zero attached hydrogens (tertiary/aromatic N) is 6. The van der Waals surface area contributed by atoms with Gasteiger partial charge in [0.2, 0.25) is 5.95 Å². The summed E-state index contributed by atoms with van der Waals surface area (Å²) in [5, 5.41) is 3.55. The highest BCUT2D eigenvalue weighted by atomic mass is 127. The van der Waals surface area contributed by atoms with Gasteiger partial charge in [-0.05, 0) is 24.8 Å². The van der Waals surface area contributed by atoms with Gasteiger partial charge in [0.15, 0.2) is 5.96 Å². The van der Waals surface area contributed by atoms with Crippen molar-refractivity contribution in [3.63, 3.8) is 0 Å². The molecule has 1 unspecified atom stereocenters. The van der Waals surface area contributed by atoms with E-state index in [1.807, 2.05) is 25.5 Å². The number of aromatic nitrogens is 2. The molecular weight excluding hydrogens is 441 g/mol. The Morgan fingerprint density at radius 2 is 1.92 bits per heavy atom. The number of rotatable bonds is 4. The summed E-state index contributed by atoms with van der Waals surface area (Å²) in [7, 11) is 1.89. The molecule has 1 N–H and O–H groups in total. The lowest BCUT2D eigenvalue weighted by atomic mass is 10.0. The largest absolute Gasteiger partial charge is 0.355 e. The van der Waals surface area contributed by atoms with Crippen molar-refractivity contribution in [2.24, 2.45) is 10.9 Å². The molecule has 0 aliphatic carbocycles. The molecular formula is C18H32IN7. The van der Waals surface area contributed by atoms with E-state index in [4.69, 9.17) is 0 Å². The first-order chi connectivity index (χ1) is 12.3. The predicted octanol–water partition coefficient (Wildman–Crippen LogP) is 1.52. The molecule has 8 heteroatoms. The second-order valence-electron chi connectivity index (χ2n) is 7.04. The van der Waals surface area contributed by atoms with Crippen molar-refractivity contribution in [2.75, 3.05) is 64.3 Å². The molecule has 1 aromatic rings. The van der Waals surface area contributed by atoms with Crippen molar-refractivity contribution in [2.45, 2.75) is 19.8 Å². The molecule has 2 fully saturated rings. The number of piperidine rings is 1. The van der Waals surface area contributed by atoms with Gasteiger partial charge < -0.3 is 15.1 Å². The van der Waals surface area contributed by atoms with Crippen molar-refractivity contribution >= 4 is 35.9 Å². The fourth-order valence-corrected chi connectivity index (χ4v) is 3.67. The van der Waals surface area contributed by atoms with E-state index in [9.17, 15) is 0 Å². The quantitative estimate of drug-likeness (QED) is 0.407. The predicted molar refractivity (Wildman–Crippen MR) is 117 cm³/mol. The number of hydrogen-bond acceptors (Lipinski definition) is 5. The van der Waals surface area contributed by atoms with Gasteiger partial charge in [0.25, 0.3) is 0 Å². The SMILES string of the molecule is CN=C(NCCN1CCN(c2ncccn2)CC1)N1CCCC(C)C1.I. The van der Waals surface area contributed by atoms with Crippen LogP contribution < -0.4 is 10.2 Å². The third kappa shape index (κ3) is 5.94. The Labute approximate surface area is 174 Å². The third-order valence-corrected chi connectivity index (χ3v) is 5.09. The zero-order valence-electron chi connectivity index (χ0n) is 16.0. The second-order valence-corrected chi connectivity index (χ2v) is 7.04. The third-order valence-electron chi connectivity index (χ3n) is 5.09. The van der Waals surface area contributed by atoms with E-state index in [1.54, 1.807) is 0 Å². The van der Waals surface area contributed by atoms with E-state index in [0.717, 1.165) is 70.2 Å². The average Bonchev–Trinajstić information content (AvgIpc) is 2.66. The van der Waals surface area contributed by atoms with E-state index >= 15 is 0 Å². The van der Waals surface area contributed by atoms with Gasteiger partial charge in [0, 0.05) is 71.8 Å². The molecule has 0 radical (unpaired) electrons. The zero-order chi connectivity index (χ0) is 17.5. The standard InChI is InChI=1S/C18H31N7.HI/c1-16-5-3-9-25(15-16)17(19-2)22-8-10-23-11-13-24(14-12-23)18-20-6-4-7-21-18;/h4,6-7,16H,3,5,8-15H2,1-2H3,(H,19,22);1H. The molecule has 2 aliphatic heterocycles. The van der Waals surface area contributed by atoms with Crippen LogP contribution in [0.1, 0.15) is 19.8 Å². The van der Waals surface area contributed by atoms with Crippen LogP contribution in [0.2, 0.25) is 0 Å². The molecule has 2 aliphatic rings. The number of likely N-dealkylation sites (tertiary alicyclic amines) is 1. The van der Waals surface area contributed by atoms with Gasteiger partial charge in [-0.2, -0.15) is 0 Å². The van der Waals surface area contributed by atoms with E-state index in [-0.39, 0.29) is 24.0 Å². The maximum atomic E-state index is 4.47. The second kappa shape index (κ2) is 10.9. The highest BCUT2D eigenvalue weighted by molar-refractivity contribution is 14.0. The molecule has 146 valence electrons. The molecule has 1 atom stereocenters. The molecule has 7 nitrogen and oxygen atoms in total. The lowest BCUT2D eigenvalue weighted by Crippen LogP contribution is -2.51. The molecule has 3 rings (SSSR count). The minimum absolute atomic E-state index is 0. The first-order valence-corrected chi connectivity index (χ1v) is 9.46. The Balaban J connectivity index is 0.00000243. The monoisotopic (exact) mass is 473 g/mol. The van der Waals surface area contributed by atoms with Crippen molar-refractivity contribution in [3.8, 4) is 0 Å². The molecule has 0 bridgehead atoms. The van der Waals surface area contributed by atoms with Gasteiger partial charge in [-0.1, -0.05) is 6.92 Å². The summed E-state index contributed by atoms with van der Waals surface area (Å²) in [5.41, 5.74) is 0. The molecule has 3 heterocycles. The highest BCUT2D eigenvalue weighted by Gasteiger charge is 2.20. The van der Waals surface area contributed by atoms with Crippen LogP contribution in [-0.4, -0.2) is 85.1 Å². The molecule has 2 saturated heterocycles. The molecule has 0 aromatic carbocycles. The van der Waals surface area contributed by atoms with Crippen LogP contribution in [0.15, 0.2) is 23.5 Å². The number of piperazine rings is 1. The van der Waals surface area contributed by atoms with Crippen molar-refractivity contribution in [1.29, 1.82) is 0 Å². The molecule has 0 amide bonds. The van der Waals surface area contributed by atoms with Crippen LogP contribution in [0.25, 0.3) is 0 Å². The summed E-state index contributed by atoms with van der Waals surface area (Å²) in [6.45, 7) is 10.7. The van der Waals surface area contributed by atoms with Crippen LogP contribution >= 0.6 is 24.0 Å². The first-order valence-electron chi connectivity index (χ1n) is 9.46. The number of guanidine groups is 1. The number of anilines is 1. The van der Waals surface area contributed by atoms with Crippen LogP contribution in [0.5, 0.6) is 0 Å². The summed E-state index contributed by atoms with van der Waals surface area (Å²) >= 11 is 0. The number of hydrogen-bond donors (Lipinski definition) is 1. The van der Waals surface area contributed by atoms with Gasteiger partial charge in [-0.3, -0.25) is 9.89 Å². The van der Waals surface area contributed by atoms with E-state index in [0.29, 0.717) is 0 Å². The Hall–Kier alpha value is -1.16. The fraction of sp³-hybridized carbons (Fsp3) is 0.722. The van der Waals surface area contributed by atoms with Crippen molar-refractivity contribution < 1.29 is 0 Å². The van der Waals surface area contributed by atoms with E-state index < -0.39 is 0 Å². The highest BCUT2D eigenvalue weighted by Crippen LogP contribution is 2.15. The summed E-state index contributed by atoms with van der Waals surface area (Å²) < 4.78 is 0. The lowest BCUT2D eigenvalue weighted by molar-refractivity contribution is 0.250. The van der Waals surface area contributed by atoms with Crippen LogP contribution in [0.4, 0.5) is 5.95 Å². The molecule has 26 heavy (non-hydrogen) atoms. The number of nitrogens with one attached hydrogen (secondary N) is 1.